The van der Waals surface area contributed by atoms with Gasteiger partial charge in [-0.25, -0.2) is 4.21 Å². The van der Waals surface area contributed by atoms with Gasteiger partial charge >= 0.3 is 0 Å². The molecule has 1 heterocycles. The van der Waals surface area contributed by atoms with Gasteiger partial charge in [-0.3, -0.25) is 4.55 Å². The van der Waals surface area contributed by atoms with Crippen LogP contribution in [0.15, 0.2) is 63.9 Å². The fourth-order valence-corrected chi connectivity index (χ4v) is 3.54. The molecule has 0 bridgehead atoms. The number of piperazine rings is 1. The quantitative estimate of drug-likeness (QED) is 0.913. The molecule has 1 unspecified atom stereocenters. The lowest BCUT2D eigenvalue weighted by atomic mass is 10.2. The molecule has 0 radical (unpaired) electrons. The second-order valence-corrected chi connectivity index (χ2v) is 6.77. The highest BCUT2D eigenvalue weighted by Crippen LogP contribution is 2.30. The highest BCUT2D eigenvalue weighted by atomic mass is 32.2. The molecule has 2 N–H and O–H groups in total. The Labute approximate surface area is 131 Å². The fourth-order valence-electron chi connectivity index (χ4n) is 2.50. The van der Waals surface area contributed by atoms with Crippen molar-refractivity contribution in [1.82, 2.24) is 5.32 Å². The van der Waals surface area contributed by atoms with Crippen molar-refractivity contribution in [3.05, 3.63) is 54.6 Å². The van der Waals surface area contributed by atoms with Crippen LogP contribution in [-0.4, -0.2) is 34.9 Å². The first-order valence-electron chi connectivity index (χ1n) is 7.26. The third kappa shape index (κ3) is 3.30. The highest BCUT2D eigenvalue weighted by molar-refractivity contribution is 7.88. The molecule has 0 aromatic heterocycles. The summed E-state index contributed by atoms with van der Waals surface area (Å²) in [6.45, 7) is 3.54. The van der Waals surface area contributed by atoms with Gasteiger partial charge in [-0.05, 0) is 24.3 Å². The Bertz CT molecular complexity index is 749. The first kappa shape index (κ1) is 15.0. The van der Waals surface area contributed by atoms with Crippen LogP contribution in [0.3, 0.4) is 0 Å². The van der Waals surface area contributed by atoms with Crippen LogP contribution < -0.4 is 10.2 Å². The van der Waals surface area contributed by atoms with Gasteiger partial charge in [0.15, 0.2) is 10.0 Å². The Hall–Kier alpha value is -1.89. The lowest BCUT2D eigenvalue weighted by Gasteiger charge is -2.30. The lowest BCUT2D eigenvalue weighted by molar-refractivity contribution is 0.552. The van der Waals surface area contributed by atoms with E-state index >= 15 is 0 Å². The Balaban J connectivity index is 2.02. The van der Waals surface area contributed by atoms with E-state index in [9.17, 15) is 8.76 Å². The van der Waals surface area contributed by atoms with E-state index in [0.29, 0.717) is 10.6 Å². The van der Waals surface area contributed by atoms with E-state index in [-0.39, 0.29) is 0 Å². The second-order valence-electron chi connectivity index (χ2n) is 5.13. The molecular weight excluding hydrogens is 298 g/mol. The van der Waals surface area contributed by atoms with Gasteiger partial charge in [-0.1, -0.05) is 30.3 Å². The van der Waals surface area contributed by atoms with Crippen LogP contribution in [0.4, 0.5) is 11.4 Å². The van der Waals surface area contributed by atoms with Crippen molar-refractivity contribution in [3.8, 4) is 0 Å². The molecule has 1 atom stereocenters. The predicted octanol–water partition coefficient (Wildman–Crippen LogP) is 2.73. The maximum absolute atomic E-state index is 12.6. The average molecular weight is 317 g/mol. The largest absolute Gasteiger partial charge is 0.367 e. The van der Waals surface area contributed by atoms with E-state index in [1.807, 2.05) is 24.3 Å². The highest BCUT2D eigenvalue weighted by Gasteiger charge is 2.15. The summed E-state index contributed by atoms with van der Waals surface area (Å²) in [5.74, 6) is 0. The van der Waals surface area contributed by atoms with Crippen molar-refractivity contribution in [3.63, 3.8) is 0 Å². The lowest BCUT2D eigenvalue weighted by Crippen LogP contribution is -2.43. The molecule has 22 heavy (non-hydrogen) atoms. The molecule has 2 aromatic carbocycles. The van der Waals surface area contributed by atoms with Crippen molar-refractivity contribution < 1.29 is 8.76 Å². The van der Waals surface area contributed by atoms with Gasteiger partial charge in [0, 0.05) is 26.2 Å². The topological polar surface area (TPSA) is 64.9 Å². The van der Waals surface area contributed by atoms with E-state index in [1.165, 1.54) is 0 Å². The summed E-state index contributed by atoms with van der Waals surface area (Å²) in [5.41, 5.74) is 1.46. The van der Waals surface area contributed by atoms with Gasteiger partial charge in [-0.2, -0.15) is 4.36 Å². The van der Waals surface area contributed by atoms with Gasteiger partial charge in [-0.15, -0.1) is 0 Å². The summed E-state index contributed by atoms with van der Waals surface area (Å²) < 4.78 is 27.0. The van der Waals surface area contributed by atoms with E-state index in [4.69, 9.17) is 0 Å². The van der Waals surface area contributed by atoms with Crippen LogP contribution in [0.1, 0.15) is 0 Å². The SMILES string of the molecule is O=S(O)(=Nc1ccccc1N1CCNCC1)c1ccccc1. The normalized spacial score (nSPS) is 17.8. The zero-order chi connectivity index (χ0) is 15.4. The van der Waals surface area contributed by atoms with Crippen LogP contribution in [0.25, 0.3) is 0 Å². The molecule has 0 saturated carbocycles. The molecule has 1 aliphatic heterocycles. The van der Waals surface area contributed by atoms with Gasteiger partial charge in [0.05, 0.1) is 16.3 Å². The molecule has 2 aromatic rings. The number of para-hydroxylation sites is 1. The Kier molecular flexibility index (Phi) is 4.42. The monoisotopic (exact) mass is 317 g/mol. The zero-order valence-corrected chi connectivity index (χ0v) is 13.0. The number of nitrogens with one attached hydrogen (secondary N) is 1. The summed E-state index contributed by atoms with van der Waals surface area (Å²) in [6, 6.07) is 16.0. The molecule has 0 spiro atoms. The summed E-state index contributed by atoms with van der Waals surface area (Å²) in [4.78, 5) is 2.51. The van der Waals surface area contributed by atoms with E-state index in [2.05, 4.69) is 14.6 Å². The number of hydrogen-bond donors (Lipinski definition) is 2. The summed E-state index contributed by atoms with van der Waals surface area (Å²) in [7, 11) is -3.44. The zero-order valence-electron chi connectivity index (χ0n) is 12.2. The van der Waals surface area contributed by atoms with Crippen LogP contribution in [0.5, 0.6) is 0 Å². The van der Waals surface area contributed by atoms with Gasteiger partial charge in [0.25, 0.3) is 0 Å². The third-order valence-corrected chi connectivity index (χ3v) is 4.94. The smallest absolute Gasteiger partial charge is 0.195 e. The molecule has 0 aliphatic carbocycles. The van der Waals surface area contributed by atoms with Gasteiger partial charge in [0.1, 0.15) is 0 Å². The van der Waals surface area contributed by atoms with Crippen molar-refractivity contribution in [2.75, 3.05) is 31.1 Å². The molecule has 3 rings (SSSR count). The molecule has 116 valence electrons. The first-order valence-corrected chi connectivity index (χ1v) is 8.73. The molecule has 1 saturated heterocycles. The molecule has 6 heteroatoms. The van der Waals surface area contributed by atoms with Crippen LogP contribution in [0.2, 0.25) is 0 Å². The number of anilines is 1. The summed E-state index contributed by atoms with van der Waals surface area (Å²) in [6.07, 6.45) is 0. The fraction of sp³-hybridized carbons (Fsp3) is 0.250. The van der Waals surface area contributed by atoms with Crippen molar-refractivity contribution in [2.24, 2.45) is 4.36 Å². The predicted molar refractivity (Wildman–Crippen MR) is 89.1 cm³/mol. The number of benzene rings is 2. The van der Waals surface area contributed by atoms with Crippen molar-refractivity contribution >= 4 is 21.4 Å². The van der Waals surface area contributed by atoms with Gasteiger partial charge < -0.3 is 10.2 Å². The minimum absolute atomic E-state index is 0.324. The first-order chi connectivity index (χ1) is 10.7. The van der Waals surface area contributed by atoms with Gasteiger partial charge in [0.2, 0.25) is 0 Å². The van der Waals surface area contributed by atoms with Crippen LogP contribution >= 0.6 is 0 Å². The van der Waals surface area contributed by atoms with Crippen LogP contribution in [-0.2, 0) is 10.0 Å². The summed E-state index contributed by atoms with van der Waals surface area (Å²) >= 11 is 0. The minimum Gasteiger partial charge on any atom is -0.367 e. The maximum Gasteiger partial charge on any atom is 0.195 e. The maximum atomic E-state index is 12.6. The van der Waals surface area contributed by atoms with E-state index in [1.54, 1.807) is 30.3 Å². The number of rotatable bonds is 3. The number of hydrogen-bond acceptors (Lipinski definition) is 4. The molecule has 0 amide bonds. The number of nitrogens with zero attached hydrogens (tertiary/aromatic N) is 2. The molecular formula is C16H19N3O2S. The third-order valence-electron chi connectivity index (χ3n) is 3.61. The second kappa shape index (κ2) is 6.48. The minimum atomic E-state index is -3.44. The standard InChI is InChI=1S/C16H19N3O2S/c20-22(21,14-6-2-1-3-7-14)18-15-8-4-5-9-16(15)19-12-10-17-11-13-19/h1-9,17H,10-13H2,(H,18,20,21). The molecule has 1 aliphatic rings. The Morgan fingerprint density at radius 2 is 1.64 bits per heavy atom. The Morgan fingerprint density at radius 3 is 2.36 bits per heavy atom. The van der Waals surface area contributed by atoms with Crippen molar-refractivity contribution in [2.45, 2.75) is 4.90 Å². The van der Waals surface area contributed by atoms with E-state index < -0.39 is 10.0 Å². The van der Waals surface area contributed by atoms with Crippen molar-refractivity contribution in [1.29, 1.82) is 0 Å². The molecule has 1 fully saturated rings. The summed E-state index contributed by atoms with van der Waals surface area (Å²) in [5, 5.41) is 3.30. The Morgan fingerprint density at radius 1 is 1.00 bits per heavy atom. The molecule has 5 nitrogen and oxygen atoms in total. The van der Waals surface area contributed by atoms with E-state index in [0.717, 1.165) is 31.9 Å². The van der Waals surface area contributed by atoms with Crippen LogP contribution in [0, 0.1) is 0 Å². The average Bonchev–Trinajstić information content (AvgIpc) is 2.57.